The molecule has 2 N–H and O–H groups in total. The van der Waals surface area contributed by atoms with Crippen molar-refractivity contribution in [1.82, 2.24) is 10.3 Å². The summed E-state index contributed by atoms with van der Waals surface area (Å²) in [6, 6.07) is 14.3. The Morgan fingerprint density at radius 2 is 1.85 bits per heavy atom. The van der Waals surface area contributed by atoms with Gasteiger partial charge in [-0.05, 0) is 30.3 Å². The minimum Gasteiger partial charge on any atom is -0.435 e. The molecule has 0 aliphatic heterocycles. The predicted molar refractivity (Wildman–Crippen MR) is 95.8 cm³/mol. The molecule has 0 fully saturated rings. The van der Waals surface area contributed by atoms with E-state index in [9.17, 15) is 18.4 Å². The summed E-state index contributed by atoms with van der Waals surface area (Å²) >= 11 is 0. The van der Waals surface area contributed by atoms with Crippen LogP contribution in [0.3, 0.4) is 0 Å². The SMILES string of the molecule is O=C(CNC(=O)c1cccc(OC(F)F)c1)Nc1cccc2cccnc12. The third-order valence-corrected chi connectivity index (χ3v) is 3.64. The Balaban J connectivity index is 1.61. The van der Waals surface area contributed by atoms with Crippen LogP contribution in [0.4, 0.5) is 14.5 Å². The van der Waals surface area contributed by atoms with Gasteiger partial charge in [0.25, 0.3) is 5.91 Å². The number of hydrogen-bond donors (Lipinski definition) is 2. The highest BCUT2D eigenvalue weighted by Gasteiger charge is 2.12. The van der Waals surface area contributed by atoms with E-state index >= 15 is 0 Å². The maximum absolute atomic E-state index is 12.2. The number of ether oxygens (including phenoxy) is 1. The smallest absolute Gasteiger partial charge is 0.387 e. The highest BCUT2D eigenvalue weighted by Crippen LogP contribution is 2.20. The standard InChI is InChI=1S/C19H15F2N3O3/c20-19(21)27-14-7-1-5-13(10-14)18(26)23-11-16(25)24-15-8-2-4-12-6-3-9-22-17(12)15/h1-10,19H,11H2,(H,23,26)(H,24,25). The zero-order chi connectivity index (χ0) is 19.2. The zero-order valence-corrected chi connectivity index (χ0v) is 14.0. The molecule has 0 radical (unpaired) electrons. The van der Waals surface area contributed by atoms with Gasteiger partial charge in [-0.15, -0.1) is 0 Å². The number of fused-ring (bicyclic) bond motifs is 1. The number of pyridine rings is 1. The molecular weight excluding hydrogens is 356 g/mol. The van der Waals surface area contributed by atoms with Crippen molar-refractivity contribution < 1.29 is 23.1 Å². The van der Waals surface area contributed by atoms with E-state index in [2.05, 4.69) is 20.4 Å². The lowest BCUT2D eigenvalue weighted by atomic mass is 10.2. The molecule has 0 aliphatic carbocycles. The molecule has 0 saturated heterocycles. The third kappa shape index (κ3) is 4.75. The number of nitrogens with zero attached hydrogens (tertiary/aromatic N) is 1. The molecule has 2 aromatic carbocycles. The number of carbonyl (C=O) groups excluding carboxylic acids is 2. The number of amides is 2. The van der Waals surface area contributed by atoms with Crippen LogP contribution >= 0.6 is 0 Å². The van der Waals surface area contributed by atoms with E-state index in [1.165, 1.54) is 24.3 Å². The van der Waals surface area contributed by atoms with E-state index in [-0.39, 0.29) is 17.9 Å². The second kappa shape index (κ2) is 8.22. The molecule has 0 aliphatic rings. The molecule has 2 amide bonds. The van der Waals surface area contributed by atoms with Gasteiger partial charge in [-0.1, -0.05) is 24.3 Å². The summed E-state index contributed by atoms with van der Waals surface area (Å²) in [6.45, 7) is -3.27. The summed E-state index contributed by atoms with van der Waals surface area (Å²) in [6.07, 6.45) is 1.62. The van der Waals surface area contributed by atoms with Gasteiger partial charge in [-0.2, -0.15) is 8.78 Å². The largest absolute Gasteiger partial charge is 0.435 e. The minimum absolute atomic E-state index is 0.104. The lowest BCUT2D eigenvalue weighted by Crippen LogP contribution is -2.32. The van der Waals surface area contributed by atoms with Crippen molar-refractivity contribution in [3.05, 3.63) is 66.4 Å². The topological polar surface area (TPSA) is 80.3 Å². The number of carbonyl (C=O) groups is 2. The first kappa shape index (κ1) is 18.2. The highest BCUT2D eigenvalue weighted by molar-refractivity contribution is 6.03. The van der Waals surface area contributed by atoms with Crippen molar-refractivity contribution in [2.75, 3.05) is 11.9 Å². The molecule has 3 rings (SSSR count). The number of nitrogens with one attached hydrogen (secondary N) is 2. The number of aromatic nitrogens is 1. The van der Waals surface area contributed by atoms with Crippen molar-refractivity contribution in [3.63, 3.8) is 0 Å². The van der Waals surface area contributed by atoms with Crippen LogP contribution in [-0.4, -0.2) is 30.0 Å². The van der Waals surface area contributed by atoms with E-state index in [1.807, 2.05) is 12.1 Å². The second-order valence-corrected chi connectivity index (χ2v) is 5.52. The van der Waals surface area contributed by atoms with Gasteiger partial charge in [0.15, 0.2) is 0 Å². The van der Waals surface area contributed by atoms with Gasteiger partial charge in [0.05, 0.1) is 17.7 Å². The first-order valence-corrected chi connectivity index (χ1v) is 7.99. The number of benzene rings is 2. The quantitative estimate of drug-likeness (QED) is 0.697. The summed E-state index contributed by atoms with van der Waals surface area (Å²) < 4.78 is 28.7. The Kier molecular flexibility index (Phi) is 5.55. The molecule has 1 aromatic heterocycles. The summed E-state index contributed by atoms with van der Waals surface area (Å²) in [7, 11) is 0. The van der Waals surface area contributed by atoms with Crippen molar-refractivity contribution in [2.45, 2.75) is 6.61 Å². The van der Waals surface area contributed by atoms with Crippen molar-refractivity contribution in [2.24, 2.45) is 0 Å². The molecule has 0 atom stereocenters. The predicted octanol–water partition coefficient (Wildman–Crippen LogP) is 3.20. The van der Waals surface area contributed by atoms with Gasteiger partial charge in [-0.25, -0.2) is 0 Å². The maximum Gasteiger partial charge on any atom is 0.387 e. The fraction of sp³-hybridized carbons (Fsp3) is 0.105. The molecule has 0 bridgehead atoms. The Labute approximate surface area is 153 Å². The second-order valence-electron chi connectivity index (χ2n) is 5.52. The summed E-state index contributed by atoms with van der Waals surface area (Å²) in [5.41, 5.74) is 1.27. The maximum atomic E-state index is 12.2. The summed E-state index contributed by atoms with van der Waals surface area (Å²) in [5, 5.41) is 5.99. The van der Waals surface area contributed by atoms with Crippen LogP contribution in [0.1, 0.15) is 10.4 Å². The number of hydrogen-bond acceptors (Lipinski definition) is 4. The van der Waals surface area contributed by atoms with Crippen LogP contribution in [0.2, 0.25) is 0 Å². The monoisotopic (exact) mass is 371 g/mol. The zero-order valence-electron chi connectivity index (χ0n) is 14.0. The van der Waals surface area contributed by atoms with Gasteiger partial charge < -0.3 is 15.4 Å². The van der Waals surface area contributed by atoms with Gasteiger partial charge in [0.1, 0.15) is 5.75 Å². The van der Waals surface area contributed by atoms with Gasteiger partial charge in [0.2, 0.25) is 5.91 Å². The lowest BCUT2D eigenvalue weighted by molar-refractivity contribution is -0.115. The van der Waals surface area contributed by atoms with Crippen molar-refractivity contribution >= 4 is 28.4 Å². The first-order valence-electron chi connectivity index (χ1n) is 7.99. The fourth-order valence-corrected chi connectivity index (χ4v) is 2.48. The highest BCUT2D eigenvalue weighted by atomic mass is 19.3. The van der Waals surface area contributed by atoms with E-state index in [4.69, 9.17) is 0 Å². The lowest BCUT2D eigenvalue weighted by Gasteiger charge is -2.10. The van der Waals surface area contributed by atoms with Crippen LogP contribution in [0, 0.1) is 0 Å². The Morgan fingerprint density at radius 3 is 2.67 bits per heavy atom. The van der Waals surface area contributed by atoms with E-state index in [1.54, 1.807) is 24.4 Å². The number of halogens is 2. The number of alkyl halides is 2. The Morgan fingerprint density at radius 1 is 1.07 bits per heavy atom. The Hall–Kier alpha value is -3.55. The average molecular weight is 371 g/mol. The normalized spacial score (nSPS) is 10.6. The van der Waals surface area contributed by atoms with Gasteiger partial charge in [-0.3, -0.25) is 14.6 Å². The fourth-order valence-electron chi connectivity index (χ4n) is 2.48. The van der Waals surface area contributed by atoms with Crippen LogP contribution in [0.15, 0.2) is 60.8 Å². The van der Waals surface area contributed by atoms with Gasteiger partial charge >= 0.3 is 6.61 Å². The van der Waals surface area contributed by atoms with E-state index in [0.717, 1.165) is 5.39 Å². The molecule has 138 valence electrons. The van der Waals surface area contributed by atoms with E-state index < -0.39 is 18.4 Å². The number of anilines is 1. The van der Waals surface area contributed by atoms with Crippen molar-refractivity contribution in [3.8, 4) is 5.75 Å². The van der Waals surface area contributed by atoms with Crippen LogP contribution < -0.4 is 15.4 Å². The van der Waals surface area contributed by atoms with Crippen LogP contribution in [-0.2, 0) is 4.79 Å². The summed E-state index contributed by atoms with van der Waals surface area (Å²) in [4.78, 5) is 28.5. The molecule has 6 nitrogen and oxygen atoms in total. The molecule has 1 heterocycles. The molecule has 0 spiro atoms. The van der Waals surface area contributed by atoms with Gasteiger partial charge in [0, 0.05) is 17.1 Å². The number of para-hydroxylation sites is 1. The van der Waals surface area contributed by atoms with Crippen LogP contribution in [0.5, 0.6) is 5.75 Å². The molecule has 27 heavy (non-hydrogen) atoms. The van der Waals surface area contributed by atoms with Crippen molar-refractivity contribution in [1.29, 1.82) is 0 Å². The number of rotatable bonds is 6. The minimum atomic E-state index is -2.98. The summed E-state index contributed by atoms with van der Waals surface area (Å²) in [5.74, 6) is -1.16. The van der Waals surface area contributed by atoms with Crippen LogP contribution in [0.25, 0.3) is 10.9 Å². The first-order chi connectivity index (χ1) is 13.0. The molecule has 8 heteroatoms. The molecule has 0 saturated carbocycles. The molecule has 3 aromatic rings. The molecule has 0 unspecified atom stereocenters. The van der Waals surface area contributed by atoms with E-state index in [0.29, 0.717) is 11.2 Å². The average Bonchev–Trinajstić information content (AvgIpc) is 2.66. The Bertz CT molecular complexity index is 974. The third-order valence-electron chi connectivity index (χ3n) is 3.64. The molecular formula is C19H15F2N3O3.